The number of hydrogen-bond donors (Lipinski definition) is 0. The van der Waals surface area contributed by atoms with Gasteiger partial charge in [0.05, 0.1) is 19.3 Å². The van der Waals surface area contributed by atoms with E-state index in [-0.39, 0.29) is 12.4 Å². The van der Waals surface area contributed by atoms with Gasteiger partial charge >= 0.3 is 5.97 Å². The highest BCUT2D eigenvalue weighted by atomic mass is 16.6. The van der Waals surface area contributed by atoms with Crippen LogP contribution in [-0.2, 0) is 9.53 Å². The zero-order valence-corrected chi connectivity index (χ0v) is 12.0. The number of esters is 1. The SMILES string of the molecule is CCCC(Oc1c(C=O)cccc1OC)C(=O)OCC. The van der Waals surface area contributed by atoms with Crippen molar-refractivity contribution < 1.29 is 23.8 Å². The van der Waals surface area contributed by atoms with Gasteiger partial charge in [-0.25, -0.2) is 4.79 Å². The number of carbonyl (C=O) groups excluding carboxylic acids is 2. The van der Waals surface area contributed by atoms with Crippen molar-refractivity contribution in [3.8, 4) is 11.5 Å². The maximum Gasteiger partial charge on any atom is 0.347 e. The van der Waals surface area contributed by atoms with Crippen molar-refractivity contribution in [2.75, 3.05) is 13.7 Å². The number of rotatable bonds is 8. The number of carbonyl (C=O) groups is 2. The molecule has 20 heavy (non-hydrogen) atoms. The molecule has 0 heterocycles. The summed E-state index contributed by atoms with van der Waals surface area (Å²) in [7, 11) is 1.48. The van der Waals surface area contributed by atoms with Gasteiger partial charge in [-0.2, -0.15) is 0 Å². The standard InChI is InChI=1S/C15H20O5/c1-4-7-13(15(17)19-5-2)20-14-11(10-16)8-6-9-12(14)18-3/h6,8-10,13H,4-5,7H2,1-3H3. The Morgan fingerprint density at radius 2 is 2.10 bits per heavy atom. The van der Waals surface area contributed by atoms with Crippen molar-refractivity contribution in [3.05, 3.63) is 23.8 Å². The molecule has 0 fully saturated rings. The second-order valence-corrected chi connectivity index (χ2v) is 4.14. The Bertz CT molecular complexity index is 456. The third-order valence-corrected chi connectivity index (χ3v) is 2.72. The number of benzene rings is 1. The first kappa shape index (κ1) is 16.0. The van der Waals surface area contributed by atoms with Crippen LogP contribution in [0.3, 0.4) is 0 Å². The van der Waals surface area contributed by atoms with Crippen LogP contribution in [0.1, 0.15) is 37.0 Å². The molecule has 0 aliphatic heterocycles. The molecule has 0 amide bonds. The Kier molecular flexibility index (Phi) is 6.56. The van der Waals surface area contributed by atoms with E-state index in [1.54, 1.807) is 25.1 Å². The van der Waals surface area contributed by atoms with Gasteiger partial charge in [-0.05, 0) is 25.5 Å². The summed E-state index contributed by atoms with van der Waals surface area (Å²) < 4.78 is 15.8. The number of hydrogen-bond acceptors (Lipinski definition) is 5. The van der Waals surface area contributed by atoms with Gasteiger partial charge in [0, 0.05) is 0 Å². The Morgan fingerprint density at radius 3 is 2.65 bits per heavy atom. The van der Waals surface area contributed by atoms with Crippen molar-refractivity contribution in [1.82, 2.24) is 0 Å². The molecule has 0 N–H and O–H groups in total. The first-order chi connectivity index (χ1) is 9.67. The number of ether oxygens (including phenoxy) is 3. The van der Waals surface area contributed by atoms with Gasteiger partial charge in [0.2, 0.25) is 0 Å². The van der Waals surface area contributed by atoms with Crippen molar-refractivity contribution >= 4 is 12.3 Å². The minimum atomic E-state index is -0.741. The summed E-state index contributed by atoms with van der Waals surface area (Å²) in [4.78, 5) is 22.9. The molecule has 110 valence electrons. The molecule has 1 unspecified atom stereocenters. The zero-order valence-electron chi connectivity index (χ0n) is 12.0. The van der Waals surface area contributed by atoms with Crippen LogP contribution in [0.5, 0.6) is 11.5 Å². The first-order valence-electron chi connectivity index (χ1n) is 6.63. The van der Waals surface area contributed by atoms with Crippen LogP contribution in [-0.4, -0.2) is 32.1 Å². The van der Waals surface area contributed by atoms with E-state index in [9.17, 15) is 9.59 Å². The van der Waals surface area contributed by atoms with E-state index >= 15 is 0 Å². The number of para-hydroxylation sites is 1. The first-order valence-corrected chi connectivity index (χ1v) is 6.63. The average molecular weight is 280 g/mol. The Balaban J connectivity index is 3.03. The summed E-state index contributed by atoms with van der Waals surface area (Å²) in [5.74, 6) is 0.258. The molecule has 0 saturated carbocycles. The molecule has 0 bridgehead atoms. The molecule has 0 saturated heterocycles. The van der Waals surface area contributed by atoms with Crippen LogP contribution >= 0.6 is 0 Å². The molecule has 0 radical (unpaired) electrons. The summed E-state index contributed by atoms with van der Waals surface area (Å²) in [5, 5.41) is 0. The normalized spacial score (nSPS) is 11.6. The van der Waals surface area contributed by atoms with Crippen LogP contribution in [0.2, 0.25) is 0 Å². The van der Waals surface area contributed by atoms with Crippen molar-refractivity contribution in [2.24, 2.45) is 0 Å². The fourth-order valence-electron chi connectivity index (χ4n) is 1.78. The van der Waals surface area contributed by atoms with Gasteiger partial charge in [-0.1, -0.05) is 19.4 Å². The summed E-state index contributed by atoms with van der Waals surface area (Å²) in [6.45, 7) is 3.97. The fraction of sp³-hybridized carbons (Fsp3) is 0.467. The summed E-state index contributed by atoms with van der Waals surface area (Å²) in [6, 6.07) is 4.98. The summed E-state index contributed by atoms with van der Waals surface area (Å²) in [6.07, 6.45) is 1.20. The molecule has 1 aromatic rings. The van der Waals surface area contributed by atoms with E-state index in [2.05, 4.69) is 0 Å². The van der Waals surface area contributed by atoms with E-state index < -0.39 is 12.1 Å². The second-order valence-electron chi connectivity index (χ2n) is 4.14. The minimum Gasteiger partial charge on any atom is -0.493 e. The van der Waals surface area contributed by atoms with Gasteiger partial charge in [-0.3, -0.25) is 4.79 Å². The molecule has 0 spiro atoms. The Hall–Kier alpha value is -2.04. The quantitative estimate of drug-likeness (QED) is 0.541. The molecule has 1 atom stereocenters. The lowest BCUT2D eigenvalue weighted by molar-refractivity contribution is -0.151. The van der Waals surface area contributed by atoms with E-state index in [4.69, 9.17) is 14.2 Å². The molecule has 0 aliphatic carbocycles. The molecule has 5 nitrogen and oxygen atoms in total. The van der Waals surface area contributed by atoms with Gasteiger partial charge in [0.25, 0.3) is 0 Å². The fourth-order valence-corrected chi connectivity index (χ4v) is 1.78. The number of aldehydes is 1. The monoisotopic (exact) mass is 280 g/mol. The highest BCUT2D eigenvalue weighted by Gasteiger charge is 2.23. The van der Waals surface area contributed by atoms with Gasteiger partial charge < -0.3 is 14.2 Å². The van der Waals surface area contributed by atoms with Crippen LogP contribution < -0.4 is 9.47 Å². The molecule has 5 heteroatoms. The highest BCUT2D eigenvalue weighted by Crippen LogP contribution is 2.31. The van der Waals surface area contributed by atoms with E-state index in [0.717, 1.165) is 6.42 Å². The number of methoxy groups -OCH3 is 1. The highest BCUT2D eigenvalue weighted by molar-refractivity contribution is 5.82. The Labute approximate surface area is 118 Å². The summed E-state index contributed by atoms with van der Waals surface area (Å²) in [5.41, 5.74) is 0.342. The molecule has 1 aromatic carbocycles. The molecule has 1 rings (SSSR count). The zero-order chi connectivity index (χ0) is 15.0. The van der Waals surface area contributed by atoms with Gasteiger partial charge in [-0.15, -0.1) is 0 Å². The molecule has 0 aliphatic rings. The lowest BCUT2D eigenvalue weighted by Gasteiger charge is -2.19. The van der Waals surface area contributed by atoms with Crippen molar-refractivity contribution in [3.63, 3.8) is 0 Å². The van der Waals surface area contributed by atoms with Crippen LogP contribution in [0, 0.1) is 0 Å². The predicted octanol–water partition coefficient (Wildman–Crippen LogP) is 2.62. The van der Waals surface area contributed by atoms with Gasteiger partial charge in [0.1, 0.15) is 0 Å². The maximum absolute atomic E-state index is 11.9. The Morgan fingerprint density at radius 1 is 1.35 bits per heavy atom. The topological polar surface area (TPSA) is 61.8 Å². The molecule has 0 aromatic heterocycles. The van der Waals surface area contributed by atoms with E-state index in [0.29, 0.717) is 24.0 Å². The van der Waals surface area contributed by atoms with Gasteiger partial charge in [0.15, 0.2) is 23.9 Å². The second kappa shape index (κ2) is 8.19. The lowest BCUT2D eigenvalue weighted by Crippen LogP contribution is -2.29. The minimum absolute atomic E-state index is 0.275. The van der Waals surface area contributed by atoms with E-state index in [1.165, 1.54) is 7.11 Å². The van der Waals surface area contributed by atoms with E-state index in [1.807, 2.05) is 6.92 Å². The third kappa shape index (κ3) is 3.98. The van der Waals surface area contributed by atoms with Crippen LogP contribution in [0.15, 0.2) is 18.2 Å². The summed E-state index contributed by atoms with van der Waals surface area (Å²) >= 11 is 0. The van der Waals surface area contributed by atoms with Crippen molar-refractivity contribution in [1.29, 1.82) is 0 Å². The smallest absolute Gasteiger partial charge is 0.347 e. The average Bonchev–Trinajstić information content (AvgIpc) is 2.47. The van der Waals surface area contributed by atoms with Crippen LogP contribution in [0.4, 0.5) is 0 Å². The third-order valence-electron chi connectivity index (χ3n) is 2.72. The predicted molar refractivity (Wildman–Crippen MR) is 74.3 cm³/mol. The molecular weight excluding hydrogens is 260 g/mol. The molecular formula is C15H20O5. The van der Waals surface area contributed by atoms with Crippen LogP contribution in [0.25, 0.3) is 0 Å². The lowest BCUT2D eigenvalue weighted by atomic mass is 10.1. The largest absolute Gasteiger partial charge is 0.493 e. The van der Waals surface area contributed by atoms with Crippen molar-refractivity contribution in [2.45, 2.75) is 32.8 Å². The maximum atomic E-state index is 11.9.